The SMILES string of the molecule is NCCc1c[nH]c2ccc(OCCCC(=O)CN3CCN(c4ccc(N)cc4)CC3)cc12. The Balaban J connectivity index is 1.16. The fourth-order valence-corrected chi connectivity index (χ4v) is 4.25. The van der Waals surface area contributed by atoms with Gasteiger partial charge in [0.2, 0.25) is 0 Å². The molecule has 0 amide bonds. The van der Waals surface area contributed by atoms with Crippen LogP contribution in [0.5, 0.6) is 5.75 Å². The molecule has 32 heavy (non-hydrogen) atoms. The number of nitrogens with one attached hydrogen (secondary N) is 1. The first-order chi connectivity index (χ1) is 15.6. The summed E-state index contributed by atoms with van der Waals surface area (Å²) in [5, 5.41) is 1.15. The van der Waals surface area contributed by atoms with E-state index in [0.29, 0.717) is 26.1 Å². The maximum absolute atomic E-state index is 12.4. The van der Waals surface area contributed by atoms with Crippen LogP contribution in [0.4, 0.5) is 11.4 Å². The van der Waals surface area contributed by atoms with Crippen LogP contribution in [-0.4, -0.2) is 61.5 Å². The zero-order valence-corrected chi connectivity index (χ0v) is 18.6. The van der Waals surface area contributed by atoms with Gasteiger partial charge in [-0.3, -0.25) is 9.69 Å². The van der Waals surface area contributed by atoms with Crippen molar-refractivity contribution < 1.29 is 9.53 Å². The third kappa shape index (κ3) is 5.60. The molecular formula is C25H33N5O2. The second kappa shape index (κ2) is 10.5. The van der Waals surface area contributed by atoms with Gasteiger partial charge in [0.15, 0.2) is 0 Å². The van der Waals surface area contributed by atoms with E-state index in [1.807, 2.05) is 30.5 Å². The molecular weight excluding hydrogens is 402 g/mol. The normalized spacial score (nSPS) is 14.7. The quantitative estimate of drug-likeness (QED) is 0.334. The number of hydrogen-bond donors (Lipinski definition) is 3. The number of anilines is 2. The van der Waals surface area contributed by atoms with Crippen LogP contribution in [0.25, 0.3) is 10.9 Å². The number of ketones is 1. The number of carbonyl (C=O) groups is 1. The summed E-state index contributed by atoms with van der Waals surface area (Å²) in [6.07, 6.45) is 4.12. The number of fused-ring (bicyclic) bond motifs is 1. The lowest BCUT2D eigenvalue weighted by molar-refractivity contribution is -0.120. The van der Waals surface area contributed by atoms with E-state index in [-0.39, 0.29) is 5.78 Å². The second-order valence-electron chi connectivity index (χ2n) is 8.41. The summed E-state index contributed by atoms with van der Waals surface area (Å²) >= 11 is 0. The Kier molecular flexibility index (Phi) is 7.29. The van der Waals surface area contributed by atoms with Crippen molar-refractivity contribution in [2.75, 3.05) is 56.5 Å². The van der Waals surface area contributed by atoms with Gasteiger partial charge in [-0.2, -0.15) is 0 Å². The van der Waals surface area contributed by atoms with Crippen LogP contribution in [0.1, 0.15) is 18.4 Å². The highest BCUT2D eigenvalue weighted by Gasteiger charge is 2.19. The average Bonchev–Trinajstić information content (AvgIpc) is 3.20. The molecule has 1 aromatic heterocycles. The van der Waals surface area contributed by atoms with Crippen LogP contribution in [-0.2, 0) is 11.2 Å². The number of nitrogen functional groups attached to an aromatic ring is 1. The molecule has 0 spiro atoms. The minimum Gasteiger partial charge on any atom is -0.494 e. The van der Waals surface area contributed by atoms with E-state index in [1.165, 1.54) is 11.3 Å². The van der Waals surface area contributed by atoms with Crippen molar-refractivity contribution in [2.45, 2.75) is 19.3 Å². The lowest BCUT2D eigenvalue weighted by Crippen LogP contribution is -2.48. The second-order valence-corrected chi connectivity index (χ2v) is 8.41. The van der Waals surface area contributed by atoms with Crippen molar-refractivity contribution in [1.29, 1.82) is 0 Å². The number of ether oxygens (including phenoxy) is 1. The molecule has 5 N–H and O–H groups in total. The molecule has 1 aliphatic rings. The van der Waals surface area contributed by atoms with Gasteiger partial charge in [0.1, 0.15) is 11.5 Å². The number of Topliss-reactive ketones (excluding diaryl/α,β-unsaturated/α-hetero) is 1. The zero-order chi connectivity index (χ0) is 22.3. The molecule has 4 rings (SSSR count). The molecule has 1 fully saturated rings. The van der Waals surface area contributed by atoms with Crippen molar-refractivity contribution in [1.82, 2.24) is 9.88 Å². The van der Waals surface area contributed by atoms with Crippen LogP contribution >= 0.6 is 0 Å². The summed E-state index contributed by atoms with van der Waals surface area (Å²) in [5.74, 6) is 1.11. The maximum atomic E-state index is 12.4. The van der Waals surface area contributed by atoms with Gasteiger partial charge in [0.05, 0.1) is 13.2 Å². The van der Waals surface area contributed by atoms with Gasteiger partial charge in [-0.1, -0.05) is 0 Å². The topological polar surface area (TPSA) is 101 Å². The number of rotatable bonds is 10. The largest absolute Gasteiger partial charge is 0.494 e. The maximum Gasteiger partial charge on any atom is 0.146 e. The summed E-state index contributed by atoms with van der Waals surface area (Å²) in [5.41, 5.74) is 15.7. The number of nitrogens with zero attached hydrogens (tertiary/aromatic N) is 2. The zero-order valence-electron chi connectivity index (χ0n) is 18.6. The van der Waals surface area contributed by atoms with E-state index in [1.54, 1.807) is 0 Å². The van der Waals surface area contributed by atoms with Crippen LogP contribution in [0.15, 0.2) is 48.7 Å². The molecule has 0 radical (unpaired) electrons. The third-order valence-electron chi connectivity index (χ3n) is 6.05. The van der Waals surface area contributed by atoms with Gasteiger partial charge < -0.3 is 26.1 Å². The Hall–Kier alpha value is -3.03. The molecule has 3 aromatic rings. The fraction of sp³-hybridized carbons (Fsp3) is 0.400. The lowest BCUT2D eigenvalue weighted by Gasteiger charge is -2.35. The number of benzene rings is 2. The Labute approximate surface area is 189 Å². The number of carbonyl (C=O) groups excluding carboxylic acids is 1. The molecule has 1 saturated heterocycles. The van der Waals surface area contributed by atoms with Crippen LogP contribution in [0, 0.1) is 0 Å². The van der Waals surface area contributed by atoms with Gasteiger partial charge in [-0.25, -0.2) is 0 Å². The van der Waals surface area contributed by atoms with E-state index in [0.717, 1.165) is 61.4 Å². The molecule has 0 bridgehead atoms. The molecule has 170 valence electrons. The number of aromatic amines is 1. The Bertz CT molecular complexity index is 1020. The van der Waals surface area contributed by atoms with Gasteiger partial charge in [0, 0.05) is 61.1 Å². The summed E-state index contributed by atoms with van der Waals surface area (Å²) in [7, 11) is 0. The minimum atomic E-state index is 0.279. The molecule has 0 unspecified atom stereocenters. The van der Waals surface area contributed by atoms with Gasteiger partial charge in [0.25, 0.3) is 0 Å². The highest BCUT2D eigenvalue weighted by Crippen LogP contribution is 2.24. The molecule has 7 heteroatoms. The van der Waals surface area contributed by atoms with Crippen molar-refractivity contribution in [2.24, 2.45) is 5.73 Å². The number of piperazine rings is 1. The first-order valence-corrected chi connectivity index (χ1v) is 11.4. The fourth-order valence-electron chi connectivity index (χ4n) is 4.25. The predicted molar refractivity (Wildman–Crippen MR) is 130 cm³/mol. The van der Waals surface area contributed by atoms with E-state index in [2.05, 4.69) is 33.0 Å². The summed E-state index contributed by atoms with van der Waals surface area (Å²) < 4.78 is 5.90. The lowest BCUT2D eigenvalue weighted by atomic mass is 10.1. The number of hydrogen-bond acceptors (Lipinski definition) is 6. The van der Waals surface area contributed by atoms with Gasteiger partial charge in [-0.15, -0.1) is 0 Å². The standard InChI is InChI=1S/C25H33N5O2/c26-10-9-19-17-28-25-8-7-23(16-24(19)25)32-15-1-2-22(31)18-29-11-13-30(14-12-29)21-5-3-20(27)4-6-21/h3-8,16-17,28H,1-2,9-15,18,26-27H2. The van der Waals surface area contributed by atoms with E-state index >= 15 is 0 Å². The third-order valence-corrected chi connectivity index (χ3v) is 6.05. The smallest absolute Gasteiger partial charge is 0.146 e. The summed E-state index contributed by atoms with van der Waals surface area (Å²) in [6, 6.07) is 14.0. The predicted octanol–water partition coefficient (Wildman–Crippen LogP) is 2.80. The number of H-pyrrole nitrogens is 1. The molecule has 0 aliphatic carbocycles. The molecule has 7 nitrogen and oxygen atoms in total. The number of aromatic nitrogens is 1. The molecule has 2 aromatic carbocycles. The van der Waals surface area contributed by atoms with Crippen molar-refractivity contribution in [3.05, 3.63) is 54.2 Å². The van der Waals surface area contributed by atoms with Crippen molar-refractivity contribution in [3.63, 3.8) is 0 Å². The average molecular weight is 436 g/mol. The van der Waals surface area contributed by atoms with Gasteiger partial charge >= 0.3 is 0 Å². The summed E-state index contributed by atoms with van der Waals surface area (Å²) in [6.45, 7) is 5.33. The van der Waals surface area contributed by atoms with Crippen molar-refractivity contribution >= 4 is 28.1 Å². The highest BCUT2D eigenvalue weighted by atomic mass is 16.5. The van der Waals surface area contributed by atoms with E-state index in [4.69, 9.17) is 16.2 Å². The number of nitrogens with two attached hydrogens (primary N) is 2. The summed E-state index contributed by atoms with van der Waals surface area (Å²) in [4.78, 5) is 20.3. The Morgan fingerprint density at radius 1 is 1.06 bits per heavy atom. The highest BCUT2D eigenvalue weighted by molar-refractivity contribution is 5.84. The molecule has 0 atom stereocenters. The first kappa shape index (κ1) is 22.2. The Morgan fingerprint density at radius 2 is 1.84 bits per heavy atom. The van der Waals surface area contributed by atoms with Crippen LogP contribution in [0.3, 0.4) is 0 Å². The van der Waals surface area contributed by atoms with Crippen LogP contribution in [0.2, 0.25) is 0 Å². The minimum absolute atomic E-state index is 0.279. The van der Waals surface area contributed by atoms with E-state index in [9.17, 15) is 4.79 Å². The molecule has 1 aliphatic heterocycles. The first-order valence-electron chi connectivity index (χ1n) is 11.4. The molecule has 0 saturated carbocycles. The monoisotopic (exact) mass is 435 g/mol. The Morgan fingerprint density at radius 3 is 2.59 bits per heavy atom. The van der Waals surface area contributed by atoms with Gasteiger partial charge in [-0.05, 0) is 67.4 Å². The van der Waals surface area contributed by atoms with E-state index < -0.39 is 0 Å². The van der Waals surface area contributed by atoms with Crippen molar-refractivity contribution in [3.8, 4) is 5.75 Å². The van der Waals surface area contributed by atoms with Crippen LogP contribution < -0.4 is 21.1 Å². The molecule has 2 heterocycles.